The van der Waals surface area contributed by atoms with Crippen LogP contribution in [0.2, 0.25) is 0 Å². The first-order valence-corrected chi connectivity index (χ1v) is 7.79. The number of hydrogen-bond acceptors (Lipinski definition) is 5. The molecular weight excluding hydrogens is 330 g/mol. The van der Waals surface area contributed by atoms with E-state index in [1.807, 2.05) is 0 Å². The van der Waals surface area contributed by atoms with Crippen molar-refractivity contribution in [2.45, 2.75) is 0 Å². The first-order valence-electron chi connectivity index (χ1n) is 7.79. The summed E-state index contributed by atoms with van der Waals surface area (Å²) in [6.07, 6.45) is 0. The predicted octanol–water partition coefficient (Wildman–Crippen LogP) is 2.32. The minimum absolute atomic E-state index is 0.00197. The van der Waals surface area contributed by atoms with Crippen molar-refractivity contribution in [2.75, 3.05) is 16.4 Å². The summed E-state index contributed by atoms with van der Waals surface area (Å²) in [7, 11) is 0. The highest BCUT2D eigenvalue weighted by Gasteiger charge is 2.24. The number of nitrogen functional groups attached to an aromatic ring is 2. The third-order valence-corrected chi connectivity index (χ3v) is 3.78. The summed E-state index contributed by atoms with van der Waals surface area (Å²) in [4.78, 5) is 30.0. The summed E-state index contributed by atoms with van der Waals surface area (Å²) in [5, 5.41) is 0. The summed E-state index contributed by atoms with van der Waals surface area (Å²) < 4.78 is 0. The number of nitrogens with zero attached hydrogens (tertiary/aromatic N) is 2. The largest absolute Gasteiger partial charge is 0.397 e. The zero-order valence-corrected chi connectivity index (χ0v) is 13.8. The number of rotatable bonds is 4. The Bertz CT molecular complexity index is 941. The van der Waals surface area contributed by atoms with E-state index in [9.17, 15) is 9.59 Å². The van der Waals surface area contributed by atoms with Crippen LogP contribution in [0.15, 0.2) is 66.7 Å². The fourth-order valence-corrected chi connectivity index (χ4v) is 2.54. The fourth-order valence-electron chi connectivity index (χ4n) is 2.54. The van der Waals surface area contributed by atoms with E-state index in [4.69, 9.17) is 17.2 Å². The Hall–Kier alpha value is -3.87. The minimum atomic E-state index is -0.718. The molecule has 2 amide bonds. The van der Waals surface area contributed by atoms with Crippen molar-refractivity contribution in [1.29, 1.82) is 0 Å². The normalized spacial score (nSPS) is 10.3. The van der Waals surface area contributed by atoms with Crippen molar-refractivity contribution in [3.63, 3.8) is 0 Å². The number of pyridine rings is 1. The Morgan fingerprint density at radius 1 is 0.731 bits per heavy atom. The molecule has 0 fully saturated rings. The van der Waals surface area contributed by atoms with E-state index in [1.165, 1.54) is 17.0 Å². The Labute approximate surface area is 150 Å². The lowest BCUT2D eigenvalue weighted by Crippen LogP contribution is -2.29. The number of benzene rings is 2. The SMILES string of the molecule is NC(=O)c1cccc(C(=O)N(c2ccccc2N)c2ccccc2N)n1. The highest BCUT2D eigenvalue weighted by molar-refractivity contribution is 6.13. The van der Waals surface area contributed by atoms with Crippen LogP contribution in [0.1, 0.15) is 21.0 Å². The van der Waals surface area contributed by atoms with Gasteiger partial charge >= 0.3 is 0 Å². The second-order valence-corrected chi connectivity index (χ2v) is 5.53. The molecule has 7 nitrogen and oxygen atoms in total. The molecule has 0 atom stereocenters. The smallest absolute Gasteiger partial charge is 0.281 e. The molecule has 3 rings (SSSR count). The van der Waals surface area contributed by atoms with Gasteiger partial charge in [-0.15, -0.1) is 0 Å². The predicted molar refractivity (Wildman–Crippen MR) is 101 cm³/mol. The lowest BCUT2D eigenvalue weighted by atomic mass is 10.1. The van der Waals surface area contributed by atoms with Crippen LogP contribution in [0.25, 0.3) is 0 Å². The van der Waals surface area contributed by atoms with Gasteiger partial charge in [0.15, 0.2) is 0 Å². The van der Waals surface area contributed by atoms with Gasteiger partial charge in [0.25, 0.3) is 11.8 Å². The van der Waals surface area contributed by atoms with E-state index in [-0.39, 0.29) is 11.4 Å². The highest BCUT2D eigenvalue weighted by atomic mass is 16.2. The van der Waals surface area contributed by atoms with Gasteiger partial charge in [0.2, 0.25) is 0 Å². The number of carbonyl (C=O) groups excluding carboxylic acids is 2. The standard InChI is InChI=1S/C19H17N5O2/c20-12-6-1-3-10-16(12)24(17-11-4-2-7-13(17)21)19(26)15-9-5-8-14(23-15)18(22)25/h1-11H,20-21H2,(H2,22,25). The number of nitrogens with two attached hydrogens (primary N) is 3. The molecule has 7 heteroatoms. The van der Waals surface area contributed by atoms with Crippen LogP contribution >= 0.6 is 0 Å². The average Bonchev–Trinajstić information content (AvgIpc) is 2.65. The maximum absolute atomic E-state index is 13.2. The van der Waals surface area contributed by atoms with Crippen LogP contribution in [0.5, 0.6) is 0 Å². The van der Waals surface area contributed by atoms with Crippen molar-refractivity contribution < 1.29 is 9.59 Å². The zero-order chi connectivity index (χ0) is 18.7. The second-order valence-electron chi connectivity index (χ2n) is 5.53. The van der Waals surface area contributed by atoms with Crippen LogP contribution in [0, 0.1) is 0 Å². The summed E-state index contributed by atoms with van der Waals surface area (Å²) in [6.45, 7) is 0. The Morgan fingerprint density at radius 3 is 1.73 bits per heavy atom. The number of para-hydroxylation sites is 4. The Kier molecular flexibility index (Phi) is 4.53. The maximum Gasteiger partial charge on any atom is 0.281 e. The molecule has 0 saturated carbocycles. The molecular formula is C19H17N5O2. The molecule has 1 heterocycles. The first-order chi connectivity index (χ1) is 12.5. The second kappa shape index (κ2) is 6.94. The molecule has 2 aromatic carbocycles. The van der Waals surface area contributed by atoms with Gasteiger partial charge in [-0.3, -0.25) is 14.5 Å². The van der Waals surface area contributed by atoms with Crippen molar-refractivity contribution in [3.8, 4) is 0 Å². The van der Waals surface area contributed by atoms with Crippen LogP contribution in [0.4, 0.5) is 22.7 Å². The van der Waals surface area contributed by atoms with E-state index in [2.05, 4.69) is 4.98 Å². The number of amides is 2. The van der Waals surface area contributed by atoms with E-state index in [0.29, 0.717) is 22.7 Å². The van der Waals surface area contributed by atoms with E-state index < -0.39 is 11.8 Å². The minimum Gasteiger partial charge on any atom is -0.397 e. The summed E-state index contributed by atoms with van der Waals surface area (Å²) >= 11 is 0. The molecule has 0 aliphatic rings. The van der Waals surface area contributed by atoms with Gasteiger partial charge in [0, 0.05) is 0 Å². The quantitative estimate of drug-likeness (QED) is 0.624. The molecule has 130 valence electrons. The van der Waals surface area contributed by atoms with E-state index >= 15 is 0 Å². The highest BCUT2D eigenvalue weighted by Crippen LogP contribution is 2.34. The van der Waals surface area contributed by atoms with Crippen LogP contribution < -0.4 is 22.1 Å². The monoisotopic (exact) mass is 347 g/mol. The van der Waals surface area contributed by atoms with Crippen molar-refractivity contribution >= 4 is 34.6 Å². The van der Waals surface area contributed by atoms with Crippen molar-refractivity contribution in [2.24, 2.45) is 5.73 Å². The van der Waals surface area contributed by atoms with Gasteiger partial charge in [-0.1, -0.05) is 30.3 Å². The zero-order valence-electron chi connectivity index (χ0n) is 13.8. The molecule has 3 aromatic rings. The van der Waals surface area contributed by atoms with Crippen LogP contribution in [-0.2, 0) is 0 Å². The number of aromatic nitrogens is 1. The third-order valence-electron chi connectivity index (χ3n) is 3.78. The summed E-state index contributed by atoms with van der Waals surface area (Å²) in [5.41, 5.74) is 19.2. The van der Waals surface area contributed by atoms with Crippen LogP contribution in [-0.4, -0.2) is 16.8 Å². The summed E-state index contributed by atoms with van der Waals surface area (Å²) in [6, 6.07) is 18.3. The van der Waals surface area contributed by atoms with Crippen LogP contribution in [0.3, 0.4) is 0 Å². The molecule has 1 aromatic heterocycles. The number of primary amides is 1. The van der Waals surface area contributed by atoms with Gasteiger partial charge < -0.3 is 17.2 Å². The lowest BCUT2D eigenvalue weighted by Gasteiger charge is -2.25. The molecule has 0 radical (unpaired) electrons. The molecule has 0 spiro atoms. The van der Waals surface area contributed by atoms with E-state index in [0.717, 1.165) is 0 Å². The molecule has 0 unspecified atom stereocenters. The van der Waals surface area contributed by atoms with Gasteiger partial charge in [-0.05, 0) is 36.4 Å². The molecule has 0 aliphatic heterocycles. The van der Waals surface area contributed by atoms with Crippen molar-refractivity contribution in [3.05, 3.63) is 78.1 Å². The maximum atomic E-state index is 13.2. The summed E-state index contributed by atoms with van der Waals surface area (Å²) in [5.74, 6) is -1.20. The number of hydrogen-bond donors (Lipinski definition) is 3. The number of carbonyl (C=O) groups is 2. The third kappa shape index (κ3) is 3.18. The average molecular weight is 347 g/mol. The number of anilines is 4. The molecule has 6 N–H and O–H groups in total. The van der Waals surface area contributed by atoms with Gasteiger partial charge in [-0.25, -0.2) is 4.98 Å². The fraction of sp³-hybridized carbons (Fsp3) is 0. The van der Waals surface area contributed by atoms with E-state index in [1.54, 1.807) is 54.6 Å². The van der Waals surface area contributed by atoms with Gasteiger partial charge in [0.1, 0.15) is 11.4 Å². The van der Waals surface area contributed by atoms with Crippen molar-refractivity contribution in [1.82, 2.24) is 4.98 Å². The molecule has 0 bridgehead atoms. The Balaban J connectivity index is 2.17. The topological polar surface area (TPSA) is 128 Å². The lowest BCUT2D eigenvalue weighted by molar-refractivity contribution is 0.0991. The Morgan fingerprint density at radius 2 is 1.23 bits per heavy atom. The van der Waals surface area contributed by atoms with Gasteiger partial charge in [-0.2, -0.15) is 0 Å². The first kappa shape index (κ1) is 17.0. The van der Waals surface area contributed by atoms with Gasteiger partial charge in [0.05, 0.1) is 22.7 Å². The molecule has 0 saturated heterocycles. The molecule has 26 heavy (non-hydrogen) atoms. The molecule has 0 aliphatic carbocycles.